The molecule has 10 nitrogen and oxygen atoms in total. The van der Waals surface area contributed by atoms with E-state index in [9.17, 15) is 14.4 Å². The summed E-state index contributed by atoms with van der Waals surface area (Å²) >= 11 is 0. The van der Waals surface area contributed by atoms with Crippen molar-refractivity contribution in [3.8, 4) is 50.8 Å². The van der Waals surface area contributed by atoms with Gasteiger partial charge in [-0.15, -0.1) is 0 Å². The van der Waals surface area contributed by atoms with Gasteiger partial charge in [-0.25, -0.2) is 0 Å². The van der Waals surface area contributed by atoms with Gasteiger partial charge in [0, 0.05) is 108 Å². The second kappa shape index (κ2) is 31.1. The number of fused-ring (bicyclic) bond motifs is 29. The summed E-state index contributed by atoms with van der Waals surface area (Å²) in [7, 11) is -2.61. The third-order valence-corrected chi connectivity index (χ3v) is 33.8. The zero-order valence-electron chi connectivity index (χ0n) is 75.0. The van der Waals surface area contributed by atoms with Crippen molar-refractivity contribution in [1.29, 1.82) is 0 Å². The van der Waals surface area contributed by atoms with Crippen LogP contribution in [-0.4, -0.2) is 21.8 Å². The third kappa shape index (κ3) is 11.8. The topological polar surface area (TPSA) is 84.9 Å². The molecule has 11 heteroatoms. The minimum atomic E-state index is -2.61. The van der Waals surface area contributed by atoms with Crippen LogP contribution in [0.4, 0.5) is 51.2 Å². The Balaban J connectivity index is 0.000000108. The normalized spacial score (nSPS) is 13.8. The Labute approximate surface area is 783 Å². The fraction of sp³-hybridized carbons (Fsp3) is 0.0565. The SMILES string of the molecule is Cc1ccc2c(c1)C1(c3ccccc3-c3ccccc31)c1cc(C)ccc1N2c1ccc2c(c1)c(=O)c(C)cn2-c1ccccc1.Cc1cn(-c2ccccc2)c2ccc(N3c4ccccc4C4(c5ccccc5Oc5ccccc54)c4ccccc43)cc2c1=O.Cc1cn(-c2ccccc2)c2ccc(N3c4ccccc4[Si]4(c5ccccc5-c5ccccc54)c4ccccc43)cc2c1=O. The van der Waals surface area contributed by atoms with Crippen LogP contribution in [0.1, 0.15) is 72.3 Å². The summed E-state index contributed by atoms with van der Waals surface area (Å²) in [5, 5.41) is 7.76. The number of benzene rings is 18. The number of aryl methyl sites for hydroxylation is 5. The van der Waals surface area contributed by atoms with Gasteiger partial charge in [0.05, 0.1) is 50.1 Å². The Kier molecular flexibility index (Phi) is 18.5. The maximum absolute atomic E-state index is 13.8. The molecule has 27 rings (SSSR count). The van der Waals surface area contributed by atoms with Crippen LogP contribution in [0.3, 0.4) is 0 Å². The fourth-order valence-electron chi connectivity index (χ4n) is 23.3. The van der Waals surface area contributed by atoms with Crippen LogP contribution in [0.5, 0.6) is 11.5 Å². The van der Waals surface area contributed by atoms with E-state index in [1.165, 1.54) is 87.8 Å². The van der Waals surface area contributed by atoms with E-state index < -0.39 is 18.9 Å². The molecule has 0 saturated heterocycles. The van der Waals surface area contributed by atoms with Crippen LogP contribution in [0, 0.1) is 34.6 Å². The Morgan fingerprint density at radius 1 is 0.222 bits per heavy atom. The molecule has 0 bridgehead atoms. The van der Waals surface area contributed by atoms with Crippen LogP contribution in [0.15, 0.2) is 458 Å². The van der Waals surface area contributed by atoms with Crippen LogP contribution in [-0.2, 0) is 10.8 Å². The molecule has 0 N–H and O–H groups in total. The van der Waals surface area contributed by atoms with E-state index in [0.29, 0.717) is 16.3 Å². The molecule has 6 aliphatic rings. The van der Waals surface area contributed by atoms with E-state index in [1.54, 1.807) is 0 Å². The smallest absolute Gasteiger partial charge is 0.192 e. The van der Waals surface area contributed by atoms with Crippen LogP contribution in [0.25, 0.3) is 72.0 Å². The van der Waals surface area contributed by atoms with Gasteiger partial charge in [0.1, 0.15) is 11.5 Å². The lowest BCUT2D eigenvalue weighted by atomic mass is 9.61. The first-order valence-electron chi connectivity index (χ1n) is 46.2. The quantitative estimate of drug-likeness (QED) is 0.153. The Bertz CT molecular complexity index is 8450. The van der Waals surface area contributed by atoms with E-state index in [0.717, 1.165) is 124 Å². The van der Waals surface area contributed by atoms with Gasteiger partial charge < -0.3 is 33.1 Å². The number of pyridine rings is 3. The predicted molar refractivity (Wildman–Crippen MR) is 555 cm³/mol. The summed E-state index contributed by atoms with van der Waals surface area (Å²) in [5.41, 5.74) is 34.1. The molecule has 0 atom stereocenters. The first-order chi connectivity index (χ1) is 66.3. The largest absolute Gasteiger partial charge is 0.457 e. The fourth-order valence-corrected chi connectivity index (χ4v) is 28.8. The molecule has 3 aromatic heterocycles. The minimum absolute atomic E-state index is 0.0429. The van der Waals surface area contributed by atoms with Crippen LogP contribution >= 0.6 is 0 Å². The average Bonchev–Trinajstić information content (AvgIpc) is 1.49. The molecule has 18 aromatic carbocycles. The molecule has 135 heavy (non-hydrogen) atoms. The molecule has 3 spiro atoms. The van der Waals surface area contributed by atoms with Gasteiger partial charge in [-0.3, -0.25) is 14.4 Å². The van der Waals surface area contributed by atoms with Gasteiger partial charge in [0.15, 0.2) is 24.4 Å². The second-order valence-electron chi connectivity index (χ2n) is 36.3. The van der Waals surface area contributed by atoms with Crippen molar-refractivity contribution in [2.45, 2.75) is 45.4 Å². The van der Waals surface area contributed by atoms with Crippen molar-refractivity contribution >= 4 is 113 Å². The van der Waals surface area contributed by atoms with Crippen LogP contribution < -0.4 is 56.5 Å². The first-order valence-corrected chi connectivity index (χ1v) is 48.2. The first kappa shape index (κ1) is 80.1. The van der Waals surface area contributed by atoms with Crippen molar-refractivity contribution in [3.05, 3.63) is 546 Å². The molecular weight excluding hydrogens is 1670 g/mol. The zero-order chi connectivity index (χ0) is 90.7. The van der Waals surface area contributed by atoms with Crippen molar-refractivity contribution in [2.75, 3.05) is 14.7 Å². The monoisotopic (exact) mass is 1750 g/mol. The van der Waals surface area contributed by atoms with Gasteiger partial charge in [0.25, 0.3) is 0 Å². The molecule has 0 unspecified atom stereocenters. The van der Waals surface area contributed by atoms with E-state index in [-0.39, 0.29) is 16.3 Å². The van der Waals surface area contributed by atoms with Crippen molar-refractivity contribution < 1.29 is 4.74 Å². The summed E-state index contributed by atoms with van der Waals surface area (Å²) < 4.78 is 12.9. The summed E-state index contributed by atoms with van der Waals surface area (Å²) in [6.45, 7) is 10.1. The van der Waals surface area contributed by atoms with E-state index in [1.807, 2.05) is 106 Å². The third-order valence-electron chi connectivity index (χ3n) is 28.9. The Morgan fingerprint density at radius 3 is 0.881 bits per heavy atom. The Morgan fingerprint density at radius 2 is 0.504 bits per heavy atom. The van der Waals surface area contributed by atoms with E-state index >= 15 is 0 Å². The van der Waals surface area contributed by atoms with Crippen LogP contribution in [0.2, 0.25) is 0 Å². The number of hydrogen-bond donors (Lipinski definition) is 0. The maximum atomic E-state index is 13.8. The highest BCUT2D eigenvalue weighted by atomic mass is 28.3. The molecule has 642 valence electrons. The maximum Gasteiger partial charge on any atom is 0.192 e. The van der Waals surface area contributed by atoms with Gasteiger partial charge in [0.2, 0.25) is 0 Å². The number of para-hydroxylation sites is 9. The standard InChI is InChI=1S/C43H32N2O.C41H28N2O2.C40H28N2OSi/c1-27-17-20-40-37(23-27)43(35-15-9-7-13-32(35)33-14-8-10-16-36(33)43)38-24-28(2)18-21-41(38)45(40)31-19-22-39-34(25-31)42(46)29(3)26-44(39)30-11-5-4-6-12-30;1-27-26-42(28-13-3-2-4-14-28)35-24-23-29(25-30(35)40(27)44)43-36-19-9-5-15-31(36)41(32-16-6-10-20-37(32)43)33-17-7-11-21-38(33)45-39-22-12-8-18-34(39)41;1-27-26-41(28-13-3-2-4-14-28)33-24-23-29(25-32(33)40(27)43)42-34-17-7-11-21-38(34)44(39-22-12-8-18-35(39)42)36-19-9-5-15-30(36)31-16-6-10-20-37(31)44/h4-26H,1-3H3;2-26H,1H3;2-26H,1H3. The van der Waals surface area contributed by atoms with Gasteiger partial charge in [-0.05, 0) is 251 Å². The molecule has 0 fully saturated rings. The lowest BCUT2D eigenvalue weighted by Gasteiger charge is -2.48. The summed E-state index contributed by atoms with van der Waals surface area (Å²) in [5.74, 6) is 1.72. The van der Waals surface area contributed by atoms with Gasteiger partial charge >= 0.3 is 0 Å². The lowest BCUT2D eigenvalue weighted by molar-refractivity contribution is 0.434. The second-order valence-corrected chi connectivity index (χ2v) is 39.9. The average molecular weight is 1750 g/mol. The van der Waals surface area contributed by atoms with Gasteiger partial charge in [-0.1, -0.05) is 296 Å². The molecule has 0 radical (unpaired) electrons. The van der Waals surface area contributed by atoms with Crippen molar-refractivity contribution in [1.82, 2.24) is 13.7 Å². The highest BCUT2D eigenvalue weighted by Gasteiger charge is 2.56. The summed E-state index contributed by atoms with van der Waals surface area (Å²) in [6.07, 6.45) is 5.85. The van der Waals surface area contributed by atoms with Crippen molar-refractivity contribution in [2.24, 2.45) is 0 Å². The zero-order valence-corrected chi connectivity index (χ0v) is 76.0. The number of rotatable bonds is 6. The molecule has 21 aromatic rings. The number of anilines is 9. The molecular formula is C124H88N6O4Si. The number of ether oxygens (including phenoxy) is 1. The van der Waals surface area contributed by atoms with Gasteiger partial charge in [-0.2, -0.15) is 0 Å². The van der Waals surface area contributed by atoms with E-state index in [4.69, 9.17) is 4.74 Å². The Hall–Kier alpha value is -17.0. The summed E-state index contributed by atoms with van der Waals surface area (Å²) in [4.78, 5) is 48.2. The predicted octanol–water partition coefficient (Wildman–Crippen LogP) is 26.1. The highest BCUT2D eigenvalue weighted by Crippen LogP contribution is 2.66. The number of nitrogens with zero attached hydrogens (tertiary/aromatic N) is 6. The summed E-state index contributed by atoms with van der Waals surface area (Å²) in [6, 6.07) is 151. The van der Waals surface area contributed by atoms with E-state index in [2.05, 4.69) is 400 Å². The minimum Gasteiger partial charge on any atom is -0.457 e. The molecule has 0 saturated carbocycles. The highest BCUT2D eigenvalue weighted by molar-refractivity contribution is 7.23. The van der Waals surface area contributed by atoms with Crippen molar-refractivity contribution in [3.63, 3.8) is 0 Å². The molecule has 5 aliphatic heterocycles. The number of aromatic nitrogens is 3. The number of hydrogen-bond acceptors (Lipinski definition) is 7. The molecule has 1 aliphatic carbocycles. The lowest BCUT2D eigenvalue weighted by Crippen LogP contribution is -2.75. The molecule has 0 amide bonds. The molecule has 8 heterocycles.